The number of amides is 5. The lowest BCUT2D eigenvalue weighted by Gasteiger charge is -2.34. The smallest absolute Gasteiger partial charge is 0.323 e. The highest BCUT2D eigenvalue weighted by Crippen LogP contribution is 2.37. The van der Waals surface area contributed by atoms with E-state index in [0.717, 1.165) is 30.6 Å². The molecule has 1 atom stereocenters. The summed E-state index contributed by atoms with van der Waals surface area (Å²) in [4.78, 5) is 54.3. The molecule has 4 rings (SSSR count). The molecule has 13 heteroatoms. The number of rotatable bonds is 6. The van der Waals surface area contributed by atoms with Gasteiger partial charge in [0.2, 0.25) is 15.9 Å². The Hall–Kier alpha value is -3.29. The molecule has 0 bridgehead atoms. The van der Waals surface area contributed by atoms with Crippen LogP contribution in [-0.2, 0) is 27.8 Å². The number of nitrogens with one attached hydrogen (secondary N) is 2. The zero-order valence-electron chi connectivity index (χ0n) is 23.2. The molecule has 11 nitrogen and oxygen atoms in total. The minimum atomic E-state index is -3.69. The van der Waals surface area contributed by atoms with Crippen LogP contribution in [-0.4, -0.2) is 79.5 Å². The molecule has 2 aromatic rings. The Morgan fingerprint density at radius 3 is 2.38 bits per heavy atom. The van der Waals surface area contributed by atoms with Crippen molar-refractivity contribution < 1.29 is 27.6 Å². The zero-order valence-corrected chi connectivity index (χ0v) is 24.8. The van der Waals surface area contributed by atoms with E-state index in [0.29, 0.717) is 31.6 Å². The van der Waals surface area contributed by atoms with Crippen LogP contribution >= 0.6 is 11.3 Å². The third kappa shape index (κ3) is 6.06. The number of carbonyl (C=O) groups excluding carboxylic acids is 4. The largest absolute Gasteiger partial charge is 0.337 e. The van der Waals surface area contributed by atoms with Crippen molar-refractivity contribution >= 4 is 50.1 Å². The fourth-order valence-corrected chi connectivity index (χ4v) is 8.08. The number of piperidine rings is 1. The summed E-state index contributed by atoms with van der Waals surface area (Å²) in [5.41, 5.74) is 1.11. The summed E-state index contributed by atoms with van der Waals surface area (Å²) in [6, 6.07) is 5.13. The van der Waals surface area contributed by atoms with Gasteiger partial charge in [0.25, 0.3) is 11.8 Å². The van der Waals surface area contributed by atoms with Crippen molar-refractivity contribution in [2.24, 2.45) is 0 Å². The van der Waals surface area contributed by atoms with Gasteiger partial charge < -0.3 is 15.1 Å². The Balaban J connectivity index is 1.59. The van der Waals surface area contributed by atoms with Crippen molar-refractivity contribution in [3.05, 3.63) is 45.8 Å². The molecule has 216 valence electrons. The standard InChI is InChI=1S/C27H35N5O6S2/c1-5-19-8-6-7-14-32(19)40(37,38)20-11-9-18(10-12-20)24(34)28-26-23(25(35)29-27(36)30(3)4)21-13-15-31(17(2)33)16-22(21)39-26/h9-12,19H,5-8,13-16H2,1-4H3,(H,28,34)(H,29,35,36). The highest BCUT2D eigenvalue weighted by Gasteiger charge is 2.33. The van der Waals surface area contributed by atoms with E-state index in [2.05, 4.69) is 10.6 Å². The molecule has 1 aromatic heterocycles. The van der Waals surface area contributed by atoms with E-state index < -0.39 is 27.9 Å². The van der Waals surface area contributed by atoms with Gasteiger partial charge >= 0.3 is 6.03 Å². The average Bonchev–Trinajstić information content (AvgIpc) is 3.29. The number of hydrogen-bond acceptors (Lipinski definition) is 7. The molecule has 0 aliphatic carbocycles. The second kappa shape index (κ2) is 12.1. The van der Waals surface area contributed by atoms with Gasteiger partial charge in [-0.25, -0.2) is 13.2 Å². The lowest BCUT2D eigenvalue weighted by molar-refractivity contribution is -0.129. The third-order valence-electron chi connectivity index (χ3n) is 7.35. The molecule has 3 heterocycles. The van der Waals surface area contributed by atoms with E-state index in [1.165, 1.54) is 61.5 Å². The van der Waals surface area contributed by atoms with Gasteiger partial charge in [0.15, 0.2) is 0 Å². The third-order valence-corrected chi connectivity index (χ3v) is 10.4. The maximum atomic E-state index is 13.3. The normalized spacial score (nSPS) is 17.6. The quantitative estimate of drug-likeness (QED) is 0.531. The fourth-order valence-electron chi connectivity index (χ4n) is 5.06. The molecule has 1 saturated heterocycles. The van der Waals surface area contributed by atoms with Crippen molar-refractivity contribution in [1.82, 2.24) is 19.4 Å². The van der Waals surface area contributed by atoms with E-state index in [9.17, 15) is 27.6 Å². The minimum Gasteiger partial charge on any atom is -0.337 e. The van der Waals surface area contributed by atoms with Crippen molar-refractivity contribution in [2.75, 3.05) is 32.5 Å². The van der Waals surface area contributed by atoms with Crippen LogP contribution < -0.4 is 10.6 Å². The number of anilines is 1. The molecule has 5 amide bonds. The number of imide groups is 1. The molecule has 0 radical (unpaired) electrons. The first-order chi connectivity index (χ1) is 18.9. The van der Waals surface area contributed by atoms with Gasteiger partial charge in [-0.3, -0.25) is 19.7 Å². The van der Waals surface area contributed by atoms with Gasteiger partial charge in [0.05, 0.1) is 17.0 Å². The van der Waals surface area contributed by atoms with Gasteiger partial charge in [-0.15, -0.1) is 11.3 Å². The zero-order chi connectivity index (χ0) is 29.2. The predicted molar refractivity (Wildman–Crippen MR) is 152 cm³/mol. The summed E-state index contributed by atoms with van der Waals surface area (Å²) in [5, 5.41) is 5.38. The molecule has 2 aliphatic rings. The Kier molecular flexibility index (Phi) is 8.96. The molecule has 2 aliphatic heterocycles. The van der Waals surface area contributed by atoms with Crippen LogP contribution in [0.3, 0.4) is 0 Å². The number of hydrogen-bond donors (Lipinski definition) is 2. The van der Waals surface area contributed by atoms with Gasteiger partial charge in [-0.05, 0) is 55.5 Å². The SMILES string of the molecule is CCC1CCCCN1S(=O)(=O)c1ccc(C(=O)Nc2sc3c(c2C(=O)NC(=O)N(C)C)CCN(C(C)=O)C3)cc1. The van der Waals surface area contributed by atoms with Crippen LogP contribution in [0.1, 0.15) is 70.7 Å². The minimum absolute atomic E-state index is 0.0329. The number of benzene rings is 1. The molecule has 2 N–H and O–H groups in total. The maximum absolute atomic E-state index is 13.3. The first-order valence-corrected chi connectivity index (χ1v) is 15.6. The molecule has 1 aromatic carbocycles. The van der Waals surface area contributed by atoms with Crippen molar-refractivity contribution in [3.63, 3.8) is 0 Å². The fraction of sp³-hybridized carbons (Fsp3) is 0.481. The topological polar surface area (TPSA) is 136 Å². The second-order valence-electron chi connectivity index (χ2n) is 10.2. The monoisotopic (exact) mass is 589 g/mol. The molecule has 0 spiro atoms. The summed E-state index contributed by atoms with van der Waals surface area (Å²) in [6.07, 6.45) is 3.81. The Morgan fingerprint density at radius 1 is 1.05 bits per heavy atom. The summed E-state index contributed by atoms with van der Waals surface area (Å²) in [5.74, 6) is -1.26. The van der Waals surface area contributed by atoms with E-state index in [4.69, 9.17) is 0 Å². The Morgan fingerprint density at radius 2 is 1.75 bits per heavy atom. The first-order valence-electron chi connectivity index (χ1n) is 13.3. The average molecular weight is 590 g/mol. The van der Waals surface area contributed by atoms with E-state index >= 15 is 0 Å². The van der Waals surface area contributed by atoms with Gasteiger partial charge in [0.1, 0.15) is 5.00 Å². The number of nitrogens with zero attached hydrogens (tertiary/aromatic N) is 3. The van der Waals surface area contributed by atoms with Crippen LogP contribution in [0.25, 0.3) is 0 Å². The first kappa shape index (κ1) is 29.7. The van der Waals surface area contributed by atoms with Gasteiger partial charge in [0, 0.05) is 50.6 Å². The lowest BCUT2D eigenvalue weighted by Crippen LogP contribution is -2.43. The number of urea groups is 1. The predicted octanol–water partition coefficient (Wildman–Crippen LogP) is 3.27. The van der Waals surface area contributed by atoms with Crippen LogP contribution in [0.4, 0.5) is 9.80 Å². The van der Waals surface area contributed by atoms with Crippen LogP contribution in [0, 0.1) is 0 Å². The van der Waals surface area contributed by atoms with Crippen molar-refractivity contribution in [2.45, 2.75) is 63.4 Å². The van der Waals surface area contributed by atoms with Crippen LogP contribution in [0.15, 0.2) is 29.2 Å². The molecular weight excluding hydrogens is 554 g/mol. The summed E-state index contributed by atoms with van der Waals surface area (Å²) in [7, 11) is -0.672. The summed E-state index contributed by atoms with van der Waals surface area (Å²) in [6.45, 7) is 4.66. The van der Waals surface area contributed by atoms with Crippen molar-refractivity contribution in [3.8, 4) is 0 Å². The number of thiophene rings is 1. The van der Waals surface area contributed by atoms with Crippen LogP contribution in [0.5, 0.6) is 0 Å². The lowest BCUT2D eigenvalue weighted by atomic mass is 10.0. The molecule has 40 heavy (non-hydrogen) atoms. The molecule has 0 saturated carbocycles. The maximum Gasteiger partial charge on any atom is 0.323 e. The number of sulfonamides is 1. The van der Waals surface area contributed by atoms with Crippen molar-refractivity contribution in [1.29, 1.82) is 0 Å². The highest BCUT2D eigenvalue weighted by atomic mass is 32.2. The molecule has 1 unspecified atom stereocenters. The molecular formula is C27H35N5O6S2. The Bertz CT molecular complexity index is 1420. The van der Waals surface area contributed by atoms with Crippen LogP contribution in [0.2, 0.25) is 0 Å². The highest BCUT2D eigenvalue weighted by molar-refractivity contribution is 7.89. The summed E-state index contributed by atoms with van der Waals surface area (Å²) < 4.78 is 28.2. The number of carbonyl (C=O) groups is 4. The van der Waals surface area contributed by atoms with Gasteiger partial charge in [-0.1, -0.05) is 13.3 Å². The van der Waals surface area contributed by atoms with E-state index in [-0.39, 0.29) is 33.0 Å². The summed E-state index contributed by atoms with van der Waals surface area (Å²) >= 11 is 1.18. The second-order valence-corrected chi connectivity index (χ2v) is 13.2. The van der Waals surface area contributed by atoms with E-state index in [1.54, 1.807) is 9.21 Å². The van der Waals surface area contributed by atoms with Gasteiger partial charge in [-0.2, -0.15) is 4.31 Å². The Labute approximate surface area is 238 Å². The number of fused-ring (bicyclic) bond motifs is 1. The van der Waals surface area contributed by atoms with E-state index in [1.807, 2.05) is 6.92 Å². The molecule has 1 fully saturated rings.